The van der Waals surface area contributed by atoms with Gasteiger partial charge in [0.15, 0.2) is 5.69 Å². The lowest BCUT2D eigenvalue weighted by Crippen LogP contribution is -2.37. The lowest BCUT2D eigenvalue weighted by molar-refractivity contribution is 0.0945. The van der Waals surface area contributed by atoms with Crippen LogP contribution in [0.1, 0.15) is 23.1 Å². The third-order valence-electron chi connectivity index (χ3n) is 4.06. The number of pyridine rings is 1. The van der Waals surface area contributed by atoms with Crippen LogP contribution in [0.4, 0.5) is 0 Å². The topological polar surface area (TPSA) is 84.7 Å². The molecule has 0 saturated heterocycles. The van der Waals surface area contributed by atoms with Gasteiger partial charge in [-0.25, -0.2) is 4.68 Å². The Balaban J connectivity index is 0.00000169. The quantitative estimate of drug-likeness (QED) is 0.690. The number of carbonyl (C=O) groups excluding carboxylic acids is 1. The molecule has 3 aromatic rings. The molecular weight excluding hydrogens is 375 g/mol. The number of halogens is 2. The van der Waals surface area contributed by atoms with E-state index in [1.54, 1.807) is 17.1 Å². The minimum absolute atomic E-state index is 0. The van der Waals surface area contributed by atoms with Crippen molar-refractivity contribution in [3.63, 3.8) is 0 Å². The standard InChI is InChI=1S/C17H20N6O.2ClH/c1-11(18-3)9-20-17(24)16-12(2)23(22-21-16)15-6-4-5-13-10-19-8-7-14(13)15;;/h4-8,10-11,18H,9H2,1-3H3,(H,20,24);2*1H. The van der Waals surface area contributed by atoms with E-state index in [0.29, 0.717) is 17.9 Å². The smallest absolute Gasteiger partial charge is 0.273 e. The fraction of sp³-hybridized carbons (Fsp3) is 0.294. The lowest BCUT2D eigenvalue weighted by atomic mass is 10.1. The highest BCUT2D eigenvalue weighted by Crippen LogP contribution is 2.22. The zero-order chi connectivity index (χ0) is 17.1. The van der Waals surface area contributed by atoms with Gasteiger partial charge < -0.3 is 10.6 Å². The Morgan fingerprint density at radius 1 is 1.27 bits per heavy atom. The van der Waals surface area contributed by atoms with E-state index in [9.17, 15) is 4.79 Å². The molecule has 0 radical (unpaired) electrons. The van der Waals surface area contributed by atoms with Gasteiger partial charge in [-0.3, -0.25) is 9.78 Å². The van der Waals surface area contributed by atoms with Gasteiger partial charge in [0.25, 0.3) is 5.91 Å². The van der Waals surface area contributed by atoms with Crippen LogP contribution in [0.3, 0.4) is 0 Å². The first-order valence-corrected chi connectivity index (χ1v) is 7.82. The first-order valence-electron chi connectivity index (χ1n) is 7.82. The van der Waals surface area contributed by atoms with Crippen molar-refractivity contribution in [2.75, 3.05) is 13.6 Å². The molecule has 1 unspecified atom stereocenters. The molecule has 2 N–H and O–H groups in total. The monoisotopic (exact) mass is 396 g/mol. The number of fused-ring (bicyclic) bond motifs is 1. The average molecular weight is 397 g/mol. The van der Waals surface area contributed by atoms with Crippen molar-refractivity contribution < 1.29 is 4.79 Å². The molecule has 0 aliphatic rings. The molecule has 2 heterocycles. The van der Waals surface area contributed by atoms with Crippen LogP contribution in [0.25, 0.3) is 16.5 Å². The van der Waals surface area contributed by atoms with Crippen LogP contribution in [0.5, 0.6) is 0 Å². The van der Waals surface area contributed by atoms with Crippen LogP contribution >= 0.6 is 24.8 Å². The third kappa shape index (κ3) is 4.30. The molecule has 3 rings (SSSR count). The summed E-state index contributed by atoms with van der Waals surface area (Å²) in [6, 6.07) is 8.00. The summed E-state index contributed by atoms with van der Waals surface area (Å²) in [5.74, 6) is -0.220. The average Bonchev–Trinajstić information content (AvgIpc) is 3.00. The molecule has 9 heteroatoms. The van der Waals surface area contributed by atoms with Gasteiger partial charge >= 0.3 is 0 Å². The van der Waals surface area contributed by atoms with Gasteiger partial charge in [-0.2, -0.15) is 0 Å². The van der Waals surface area contributed by atoms with E-state index in [2.05, 4.69) is 25.9 Å². The number of rotatable bonds is 5. The van der Waals surface area contributed by atoms with Crippen LogP contribution in [0, 0.1) is 6.92 Å². The molecule has 2 aromatic heterocycles. The molecule has 26 heavy (non-hydrogen) atoms. The Labute approximate surface area is 164 Å². The predicted molar refractivity (Wildman–Crippen MR) is 107 cm³/mol. The van der Waals surface area contributed by atoms with Crippen molar-refractivity contribution >= 4 is 41.5 Å². The second-order valence-electron chi connectivity index (χ2n) is 5.71. The summed E-state index contributed by atoms with van der Waals surface area (Å²) in [6.45, 7) is 4.37. The third-order valence-corrected chi connectivity index (χ3v) is 4.06. The summed E-state index contributed by atoms with van der Waals surface area (Å²) in [5.41, 5.74) is 1.92. The maximum absolute atomic E-state index is 12.3. The van der Waals surface area contributed by atoms with E-state index in [4.69, 9.17) is 0 Å². The molecule has 0 aliphatic heterocycles. The number of aromatic nitrogens is 4. The number of amides is 1. The zero-order valence-electron chi connectivity index (χ0n) is 14.8. The molecule has 1 atom stereocenters. The Morgan fingerprint density at radius 2 is 2.04 bits per heavy atom. The van der Waals surface area contributed by atoms with Crippen molar-refractivity contribution in [3.8, 4) is 5.69 Å². The number of hydrogen-bond acceptors (Lipinski definition) is 5. The van der Waals surface area contributed by atoms with Crippen LogP contribution in [0.15, 0.2) is 36.7 Å². The van der Waals surface area contributed by atoms with Crippen molar-refractivity contribution in [3.05, 3.63) is 48.0 Å². The van der Waals surface area contributed by atoms with Gasteiger partial charge in [-0.05, 0) is 33.0 Å². The van der Waals surface area contributed by atoms with Crippen LogP contribution in [0.2, 0.25) is 0 Å². The van der Waals surface area contributed by atoms with E-state index in [0.717, 1.165) is 16.5 Å². The number of hydrogen-bond donors (Lipinski definition) is 2. The van der Waals surface area contributed by atoms with Gasteiger partial charge in [0.1, 0.15) is 0 Å². The molecule has 140 valence electrons. The van der Waals surface area contributed by atoms with Gasteiger partial charge in [-0.1, -0.05) is 17.3 Å². The maximum Gasteiger partial charge on any atom is 0.273 e. The largest absolute Gasteiger partial charge is 0.349 e. The normalized spacial score (nSPS) is 11.3. The van der Waals surface area contributed by atoms with Crippen molar-refractivity contribution in [1.29, 1.82) is 0 Å². The van der Waals surface area contributed by atoms with Crippen molar-refractivity contribution in [2.24, 2.45) is 0 Å². The second-order valence-corrected chi connectivity index (χ2v) is 5.71. The van der Waals surface area contributed by atoms with Gasteiger partial charge in [0.05, 0.1) is 11.4 Å². The first-order chi connectivity index (χ1) is 11.6. The zero-order valence-corrected chi connectivity index (χ0v) is 16.4. The summed E-state index contributed by atoms with van der Waals surface area (Å²) >= 11 is 0. The van der Waals surface area contributed by atoms with E-state index in [1.165, 1.54) is 0 Å². The van der Waals surface area contributed by atoms with E-state index >= 15 is 0 Å². The number of carbonyl (C=O) groups is 1. The van der Waals surface area contributed by atoms with Crippen LogP contribution < -0.4 is 10.6 Å². The van der Waals surface area contributed by atoms with Crippen molar-refractivity contribution in [2.45, 2.75) is 19.9 Å². The number of nitrogens with zero attached hydrogens (tertiary/aromatic N) is 4. The Kier molecular flexibility index (Phi) is 7.95. The van der Waals surface area contributed by atoms with E-state index in [1.807, 2.05) is 45.2 Å². The maximum atomic E-state index is 12.3. The van der Waals surface area contributed by atoms with Gasteiger partial charge in [0, 0.05) is 35.8 Å². The minimum atomic E-state index is -0.220. The van der Waals surface area contributed by atoms with Crippen LogP contribution in [-0.2, 0) is 0 Å². The first kappa shape index (κ1) is 21.8. The summed E-state index contributed by atoms with van der Waals surface area (Å²) in [4.78, 5) is 16.5. The second kappa shape index (κ2) is 9.47. The highest BCUT2D eigenvalue weighted by molar-refractivity contribution is 5.94. The molecule has 0 aliphatic carbocycles. The fourth-order valence-electron chi connectivity index (χ4n) is 2.49. The van der Waals surface area contributed by atoms with Gasteiger partial charge in [-0.15, -0.1) is 29.9 Å². The molecule has 7 nitrogen and oxygen atoms in total. The summed E-state index contributed by atoms with van der Waals surface area (Å²) in [6.07, 6.45) is 3.54. The van der Waals surface area contributed by atoms with Crippen LogP contribution in [-0.4, -0.2) is 45.5 Å². The highest BCUT2D eigenvalue weighted by Gasteiger charge is 2.18. The Bertz CT molecular complexity index is 877. The Morgan fingerprint density at radius 3 is 2.77 bits per heavy atom. The molecular formula is C17H22Cl2N6O. The highest BCUT2D eigenvalue weighted by atomic mass is 35.5. The summed E-state index contributed by atoms with van der Waals surface area (Å²) < 4.78 is 1.69. The molecule has 1 aromatic carbocycles. The van der Waals surface area contributed by atoms with Gasteiger partial charge in [0.2, 0.25) is 0 Å². The SMILES string of the molecule is CNC(C)CNC(=O)c1nnn(-c2cccc3cnccc23)c1C.Cl.Cl. The van der Waals surface area contributed by atoms with E-state index in [-0.39, 0.29) is 36.8 Å². The molecule has 0 bridgehead atoms. The summed E-state index contributed by atoms with van der Waals surface area (Å²) in [7, 11) is 1.85. The number of likely N-dealkylation sites (N-methyl/N-ethyl adjacent to an activating group) is 1. The Hall–Kier alpha value is -2.22. The molecule has 0 fully saturated rings. The summed E-state index contributed by atoms with van der Waals surface area (Å²) in [5, 5.41) is 16.2. The number of nitrogens with one attached hydrogen (secondary N) is 2. The minimum Gasteiger partial charge on any atom is -0.349 e. The van der Waals surface area contributed by atoms with E-state index < -0.39 is 0 Å². The lowest BCUT2D eigenvalue weighted by Gasteiger charge is -2.11. The molecule has 0 saturated carbocycles. The molecule has 1 amide bonds. The van der Waals surface area contributed by atoms with Crippen molar-refractivity contribution in [1.82, 2.24) is 30.6 Å². The molecule has 0 spiro atoms. The predicted octanol–water partition coefficient (Wildman–Crippen LogP) is 2.31. The number of benzene rings is 1. The fourth-order valence-corrected chi connectivity index (χ4v) is 2.49.